The summed E-state index contributed by atoms with van der Waals surface area (Å²) in [5, 5.41) is 18.7. The summed E-state index contributed by atoms with van der Waals surface area (Å²) in [7, 11) is 0. The van der Waals surface area contributed by atoms with Crippen molar-refractivity contribution in [1.82, 2.24) is 9.55 Å². The lowest BCUT2D eigenvalue weighted by atomic mass is 10.1. The van der Waals surface area contributed by atoms with E-state index in [2.05, 4.69) is 11.1 Å². The first-order valence-corrected chi connectivity index (χ1v) is 5.36. The Morgan fingerprint density at radius 2 is 2.24 bits per heavy atom. The Kier molecular flexibility index (Phi) is 2.94. The molecule has 4 nitrogen and oxygen atoms in total. The zero-order chi connectivity index (χ0) is 12.4. The molecule has 0 unspecified atom stereocenters. The molecular formula is C13H13N3O. The van der Waals surface area contributed by atoms with Gasteiger partial charge in [0.1, 0.15) is 5.82 Å². The first-order valence-electron chi connectivity index (χ1n) is 5.36. The van der Waals surface area contributed by atoms with Crippen molar-refractivity contribution in [3.05, 3.63) is 47.5 Å². The lowest BCUT2D eigenvalue weighted by Gasteiger charge is -2.14. The van der Waals surface area contributed by atoms with Crippen LogP contribution in [0.25, 0.3) is 5.69 Å². The van der Waals surface area contributed by atoms with Crippen molar-refractivity contribution >= 4 is 0 Å². The van der Waals surface area contributed by atoms with E-state index in [1.54, 1.807) is 31.3 Å². The van der Waals surface area contributed by atoms with Crippen LogP contribution in [0, 0.1) is 18.3 Å². The summed E-state index contributed by atoms with van der Waals surface area (Å²) in [6, 6.07) is 7.34. The Morgan fingerprint density at radius 1 is 1.47 bits per heavy atom. The Hall–Kier alpha value is -2.12. The van der Waals surface area contributed by atoms with Crippen molar-refractivity contribution in [3.63, 3.8) is 0 Å². The van der Waals surface area contributed by atoms with Crippen LogP contribution in [0.1, 0.15) is 30.0 Å². The molecule has 1 atom stereocenters. The number of aromatic nitrogens is 2. The van der Waals surface area contributed by atoms with Gasteiger partial charge in [0, 0.05) is 18.0 Å². The molecule has 86 valence electrons. The predicted octanol–water partition coefficient (Wildman–Crippen LogP) is 2.11. The summed E-state index contributed by atoms with van der Waals surface area (Å²) >= 11 is 0. The molecule has 1 aromatic heterocycles. The van der Waals surface area contributed by atoms with Crippen LogP contribution < -0.4 is 0 Å². The monoisotopic (exact) mass is 227 g/mol. The zero-order valence-electron chi connectivity index (χ0n) is 9.75. The Morgan fingerprint density at radius 3 is 2.76 bits per heavy atom. The number of nitrogens with zero attached hydrogens (tertiary/aromatic N) is 3. The summed E-state index contributed by atoms with van der Waals surface area (Å²) in [5.74, 6) is 0.821. The van der Waals surface area contributed by atoms with E-state index in [0.29, 0.717) is 5.56 Å². The van der Waals surface area contributed by atoms with Gasteiger partial charge in [0.15, 0.2) is 0 Å². The van der Waals surface area contributed by atoms with Crippen LogP contribution in [0.3, 0.4) is 0 Å². The largest absolute Gasteiger partial charge is 0.389 e. The maximum atomic E-state index is 9.74. The van der Waals surface area contributed by atoms with Crippen molar-refractivity contribution in [2.45, 2.75) is 20.0 Å². The molecule has 0 aliphatic heterocycles. The van der Waals surface area contributed by atoms with Gasteiger partial charge in [-0.05, 0) is 26.0 Å². The van der Waals surface area contributed by atoms with Gasteiger partial charge in [-0.2, -0.15) is 5.26 Å². The standard InChI is InChI=1S/C13H13N3O/c1-9(17)12-4-3-11(8-14)7-13(12)16-6-5-15-10(16)2/h3-7,9,17H,1-2H3/t9-/m0/s1. The molecule has 0 fully saturated rings. The quantitative estimate of drug-likeness (QED) is 0.854. The molecule has 0 amide bonds. The lowest BCUT2D eigenvalue weighted by Crippen LogP contribution is -2.04. The van der Waals surface area contributed by atoms with Gasteiger partial charge in [-0.1, -0.05) is 6.07 Å². The van der Waals surface area contributed by atoms with Crippen LogP contribution in [0.4, 0.5) is 0 Å². The third-order valence-corrected chi connectivity index (χ3v) is 2.69. The van der Waals surface area contributed by atoms with Crippen LogP contribution in [0.2, 0.25) is 0 Å². The van der Waals surface area contributed by atoms with Crippen molar-refractivity contribution in [2.75, 3.05) is 0 Å². The predicted molar refractivity (Wildman–Crippen MR) is 63.6 cm³/mol. The van der Waals surface area contributed by atoms with E-state index < -0.39 is 6.10 Å². The molecule has 0 bridgehead atoms. The average Bonchev–Trinajstić information content (AvgIpc) is 2.74. The number of aliphatic hydroxyl groups is 1. The second-order valence-electron chi connectivity index (χ2n) is 3.91. The highest BCUT2D eigenvalue weighted by Crippen LogP contribution is 2.23. The van der Waals surface area contributed by atoms with Gasteiger partial charge in [0.25, 0.3) is 0 Å². The molecule has 0 spiro atoms. The highest BCUT2D eigenvalue weighted by Gasteiger charge is 2.11. The summed E-state index contributed by atoms with van der Waals surface area (Å²) in [5.41, 5.74) is 2.15. The minimum Gasteiger partial charge on any atom is -0.389 e. The van der Waals surface area contributed by atoms with Gasteiger partial charge in [-0.15, -0.1) is 0 Å². The number of hydrogen-bond acceptors (Lipinski definition) is 3. The third-order valence-electron chi connectivity index (χ3n) is 2.69. The van der Waals surface area contributed by atoms with E-state index in [0.717, 1.165) is 17.1 Å². The highest BCUT2D eigenvalue weighted by molar-refractivity contribution is 5.49. The van der Waals surface area contributed by atoms with E-state index in [4.69, 9.17) is 5.26 Å². The number of nitriles is 1. The van der Waals surface area contributed by atoms with Crippen LogP contribution in [-0.2, 0) is 0 Å². The Balaban J connectivity index is 2.66. The lowest BCUT2D eigenvalue weighted by molar-refractivity contribution is 0.199. The van der Waals surface area contributed by atoms with Gasteiger partial charge >= 0.3 is 0 Å². The Labute approximate surface area is 99.8 Å². The molecule has 0 radical (unpaired) electrons. The molecular weight excluding hydrogens is 214 g/mol. The van der Waals surface area contributed by atoms with E-state index >= 15 is 0 Å². The second kappa shape index (κ2) is 4.40. The molecule has 1 N–H and O–H groups in total. The third kappa shape index (κ3) is 2.05. The van der Waals surface area contributed by atoms with Crippen molar-refractivity contribution in [1.29, 1.82) is 5.26 Å². The van der Waals surface area contributed by atoms with Crippen molar-refractivity contribution < 1.29 is 5.11 Å². The molecule has 0 saturated carbocycles. The molecule has 4 heteroatoms. The first kappa shape index (κ1) is 11.4. The van der Waals surface area contributed by atoms with Gasteiger partial charge < -0.3 is 9.67 Å². The van der Waals surface area contributed by atoms with Gasteiger partial charge in [0.05, 0.1) is 23.4 Å². The zero-order valence-corrected chi connectivity index (χ0v) is 9.75. The topological polar surface area (TPSA) is 61.8 Å². The van der Waals surface area contributed by atoms with Crippen LogP contribution in [0.5, 0.6) is 0 Å². The smallest absolute Gasteiger partial charge is 0.110 e. The van der Waals surface area contributed by atoms with Gasteiger partial charge in [-0.25, -0.2) is 4.98 Å². The van der Waals surface area contributed by atoms with E-state index in [-0.39, 0.29) is 0 Å². The minimum atomic E-state index is -0.584. The number of imidazole rings is 1. The van der Waals surface area contributed by atoms with Crippen LogP contribution in [0.15, 0.2) is 30.6 Å². The second-order valence-corrected chi connectivity index (χ2v) is 3.91. The minimum absolute atomic E-state index is 0.567. The number of rotatable bonds is 2. The molecule has 0 aliphatic carbocycles. The SMILES string of the molecule is Cc1nccn1-c1cc(C#N)ccc1[C@H](C)O. The molecule has 1 heterocycles. The summed E-state index contributed by atoms with van der Waals surface area (Å²) < 4.78 is 1.86. The molecule has 2 aromatic rings. The van der Waals surface area contributed by atoms with Crippen LogP contribution >= 0.6 is 0 Å². The fourth-order valence-electron chi connectivity index (χ4n) is 1.81. The van der Waals surface area contributed by atoms with E-state index in [1.165, 1.54) is 0 Å². The normalized spacial score (nSPS) is 12.1. The molecule has 0 aliphatic rings. The summed E-state index contributed by atoms with van der Waals surface area (Å²) in [4.78, 5) is 4.15. The van der Waals surface area contributed by atoms with E-state index in [9.17, 15) is 5.11 Å². The maximum absolute atomic E-state index is 9.74. The molecule has 0 saturated heterocycles. The first-order chi connectivity index (χ1) is 8.13. The average molecular weight is 227 g/mol. The number of aliphatic hydroxyl groups excluding tert-OH is 1. The van der Waals surface area contributed by atoms with E-state index in [1.807, 2.05) is 17.7 Å². The maximum Gasteiger partial charge on any atom is 0.110 e. The summed E-state index contributed by atoms with van der Waals surface area (Å²) in [6.07, 6.45) is 2.93. The Bertz CT molecular complexity index is 579. The molecule has 17 heavy (non-hydrogen) atoms. The van der Waals surface area contributed by atoms with Crippen LogP contribution in [-0.4, -0.2) is 14.7 Å². The van der Waals surface area contributed by atoms with Crippen molar-refractivity contribution in [3.8, 4) is 11.8 Å². The summed E-state index contributed by atoms with van der Waals surface area (Å²) in [6.45, 7) is 3.59. The van der Waals surface area contributed by atoms with Gasteiger partial charge in [0.2, 0.25) is 0 Å². The number of hydrogen-bond donors (Lipinski definition) is 1. The molecule has 1 aromatic carbocycles. The molecule has 2 rings (SSSR count). The fraction of sp³-hybridized carbons (Fsp3) is 0.231. The highest BCUT2D eigenvalue weighted by atomic mass is 16.3. The van der Waals surface area contributed by atoms with Crippen molar-refractivity contribution in [2.24, 2.45) is 0 Å². The van der Waals surface area contributed by atoms with Gasteiger partial charge in [-0.3, -0.25) is 0 Å². The fourth-order valence-corrected chi connectivity index (χ4v) is 1.81. The number of aryl methyl sites for hydroxylation is 1. The number of benzene rings is 1.